The molecule has 4 N–H and O–H groups in total. The Hall–Kier alpha value is -1.08. The molecule has 0 aromatic heterocycles. The van der Waals surface area contributed by atoms with Gasteiger partial charge in [0.1, 0.15) is 5.60 Å². The largest absolute Gasteiger partial charge is 0.443 e. The molecular weight excluding hydrogens is 300 g/mol. The van der Waals surface area contributed by atoms with Crippen LogP contribution in [0.4, 0.5) is 4.79 Å². The lowest BCUT2D eigenvalue weighted by molar-refractivity contribution is 0.0501. The zero-order valence-corrected chi connectivity index (χ0v) is 12.8. The van der Waals surface area contributed by atoms with Gasteiger partial charge in [0.2, 0.25) is 0 Å². The van der Waals surface area contributed by atoms with Crippen LogP contribution in [0, 0.1) is 5.41 Å². The Morgan fingerprint density at radius 3 is 2.50 bits per heavy atom. The predicted octanol–water partition coefficient (Wildman–Crippen LogP) is 1.88. The fourth-order valence-electron chi connectivity index (χ4n) is 0.976. The summed E-state index contributed by atoms with van der Waals surface area (Å²) in [5.41, 5.74) is 5.25. The first-order valence-corrected chi connectivity index (χ1v) is 6.44. The molecule has 0 radical (unpaired) electrons. The number of carbonyl (C=O) groups excluding carboxylic acids is 1. The number of nitrogens with one attached hydrogen (secondary N) is 4. The van der Waals surface area contributed by atoms with Crippen LogP contribution in [0.5, 0.6) is 0 Å². The molecule has 7 heteroatoms. The average molecular weight is 321 g/mol. The molecule has 0 bridgehead atoms. The first-order valence-electron chi connectivity index (χ1n) is 5.65. The van der Waals surface area contributed by atoms with Crippen molar-refractivity contribution < 1.29 is 9.53 Å². The lowest BCUT2D eigenvalue weighted by Gasteiger charge is -2.20. The minimum atomic E-state index is -0.550. The number of ether oxygens (including phenoxy) is 1. The molecule has 0 saturated heterocycles. The fraction of sp³-hybridized carbons (Fsp3) is 0.636. The molecule has 0 atom stereocenters. The normalized spacial score (nSPS) is 12.5. The number of hydrogen-bond acceptors (Lipinski definition) is 5. The van der Waals surface area contributed by atoms with E-state index in [0.29, 0.717) is 12.1 Å². The maximum atomic E-state index is 11.3. The molecule has 0 aromatic rings. The van der Waals surface area contributed by atoms with E-state index in [0.717, 1.165) is 11.2 Å². The van der Waals surface area contributed by atoms with E-state index in [2.05, 4.69) is 32.1 Å². The van der Waals surface area contributed by atoms with Gasteiger partial charge in [-0.1, -0.05) is 0 Å². The van der Waals surface area contributed by atoms with Gasteiger partial charge >= 0.3 is 6.09 Å². The van der Waals surface area contributed by atoms with Crippen molar-refractivity contribution in [1.29, 1.82) is 5.41 Å². The molecule has 1 amide bonds. The first kappa shape index (κ1) is 16.9. The van der Waals surface area contributed by atoms with Crippen molar-refractivity contribution in [2.75, 3.05) is 13.1 Å². The van der Waals surface area contributed by atoms with Gasteiger partial charge < -0.3 is 15.5 Å². The number of hydrogen-bond donors (Lipinski definition) is 4. The number of rotatable bonds is 6. The lowest BCUT2D eigenvalue weighted by atomic mass is 10.2. The Morgan fingerprint density at radius 2 is 2.06 bits per heavy atom. The summed E-state index contributed by atoms with van der Waals surface area (Å²) in [6, 6.07) is 0. The van der Waals surface area contributed by atoms with Crippen molar-refractivity contribution in [2.24, 2.45) is 0 Å². The van der Waals surface area contributed by atoms with Crippen LogP contribution < -0.4 is 16.2 Å². The molecule has 0 aliphatic rings. The summed E-state index contributed by atoms with van der Waals surface area (Å²) < 4.78 is 5.77. The minimum absolute atomic E-state index is 0.316. The second-order valence-electron chi connectivity index (χ2n) is 4.49. The summed E-state index contributed by atoms with van der Waals surface area (Å²) in [5.74, 6) is 0. The SMILES string of the molecule is CCN/C(Br)=C(\C=N)CNNC(=O)OC(C)(C)C. The molecule has 0 aliphatic carbocycles. The highest BCUT2D eigenvalue weighted by Gasteiger charge is 2.15. The molecule has 18 heavy (non-hydrogen) atoms. The summed E-state index contributed by atoms with van der Waals surface area (Å²) in [5, 5.41) is 10.3. The Morgan fingerprint density at radius 1 is 1.44 bits per heavy atom. The van der Waals surface area contributed by atoms with E-state index < -0.39 is 11.7 Å². The topological polar surface area (TPSA) is 86.2 Å². The van der Waals surface area contributed by atoms with Crippen LogP contribution in [0.1, 0.15) is 27.7 Å². The highest BCUT2D eigenvalue weighted by molar-refractivity contribution is 9.11. The third kappa shape index (κ3) is 8.08. The van der Waals surface area contributed by atoms with Gasteiger partial charge in [-0.05, 0) is 43.6 Å². The Labute approximate surface area is 116 Å². The highest BCUT2D eigenvalue weighted by Crippen LogP contribution is 2.07. The second-order valence-corrected chi connectivity index (χ2v) is 5.29. The van der Waals surface area contributed by atoms with Gasteiger partial charge in [-0.2, -0.15) is 0 Å². The quantitative estimate of drug-likeness (QED) is 0.342. The monoisotopic (exact) mass is 320 g/mol. The smallest absolute Gasteiger partial charge is 0.422 e. The molecule has 0 spiro atoms. The molecule has 104 valence electrons. The van der Waals surface area contributed by atoms with E-state index in [-0.39, 0.29) is 0 Å². The van der Waals surface area contributed by atoms with Crippen LogP contribution in [-0.2, 0) is 4.74 Å². The third-order valence-electron chi connectivity index (χ3n) is 1.66. The Bertz CT molecular complexity index is 323. The second kappa shape index (κ2) is 8.10. The van der Waals surface area contributed by atoms with Crippen molar-refractivity contribution in [3.63, 3.8) is 0 Å². The van der Waals surface area contributed by atoms with Gasteiger partial charge in [-0.15, -0.1) is 0 Å². The number of carbonyl (C=O) groups is 1. The number of hydrazine groups is 1. The van der Waals surface area contributed by atoms with E-state index in [4.69, 9.17) is 10.1 Å². The maximum Gasteiger partial charge on any atom is 0.422 e. The van der Waals surface area contributed by atoms with Crippen molar-refractivity contribution in [2.45, 2.75) is 33.3 Å². The molecule has 0 aromatic carbocycles. The number of halogens is 1. The number of amides is 1. The van der Waals surface area contributed by atoms with E-state index in [9.17, 15) is 4.79 Å². The van der Waals surface area contributed by atoms with Gasteiger partial charge in [0.25, 0.3) is 0 Å². The van der Waals surface area contributed by atoms with E-state index >= 15 is 0 Å². The van der Waals surface area contributed by atoms with Gasteiger partial charge in [0, 0.05) is 24.9 Å². The zero-order valence-electron chi connectivity index (χ0n) is 11.2. The zero-order chi connectivity index (χ0) is 14.2. The van der Waals surface area contributed by atoms with Crippen LogP contribution in [0.3, 0.4) is 0 Å². The molecule has 0 heterocycles. The summed E-state index contributed by atoms with van der Waals surface area (Å²) in [4.78, 5) is 11.3. The van der Waals surface area contributed by atoms with Gasteiger partial charge in [0.15, 0.2) is 0 Å². The summed E-state index contributed by atoms with van der Waals surface area (Å²) in [6.45, 7) is 8.38. The van der Waals surface area contributed by atoms with Crippen molar-refractivity contribution in [3.8, 4) is 0 Å². The van der Waals surface area contributed by atoms with E-state index in [1.165, 1.54) is 6.21 Å². The summed E-state index contributed by atoms with van der Waals surface area (Å²) in [7, 11) is 0. The highest BCUT2D eigenvalue weighted by atomic mass is 79.9. The van der Waals surface area contributed by atoms with Crippen molar-refractivity contribution >= 4 is 28.2 Å². The van der Waals surface area contributed by atoms with Crippen LogP contribution in [0.2, 0.25) is 0 Å². The molecule has 0 rings (SSSR count). The van der Waals surface area contributed by atoms with Crippen molar-refractivity contribution in [1.82, 2.24) is 16.2 Å². The third-order valence-corrected chi connectivity index (χ3v) is 2.45. The Balaban J connectivity index is 4.13. The van der Waals surface area contributed by atoms with Crippen molar-refractivity contribution in [3.05, 3.63) is 10.2 Å². The standard InChI is InChI=1S/C11H21BrN4O2/c1-5-14-9(12)8(6-13)7-15-16-10(17)18-11(2,3)4/h6,13-15H,5,7H2,1-4H3,(H,16,17)/b9-8+,13-6?. The maximum absolute atomic E-state index is 11.3. The molecule has 6 nitrogen and oxygen atoms in total. The lowest BCUT2D eigenvalue weighted by Crippen LogP contribution is -2.42. The van der Waals surface area contributed by atoms with Crippen LogP contribution in [0.15, 0.2) is 10.2 Å². The van der Waals surface area contributed by atoms with Crippen LogP contribution in [-0.4, -0.2) is 31.0 Å². The first-order chi connectivity index (χ1) is 8.30. The Kier molecular flexibility index (Phi) is 7.61. The average Bonchev–Trinajstić information content (AvgIpc) is 2.22. The molecule has 0 saturated carbocycles. The van der Waals surface area contributed by atoms with Gasteiger partial charge in [0.05, 0.1) is 4.61 Å². The van der Waals surface area contributed by atoms with Crippen LogP contribution >= 0.6 is 15.9 Å². The summed E-state index contributed by atoms with van der Waals surface area (Å²) in [6.07, 6.45) is 0.655. The predicted molar refractivity (Wildman–Crippen MR) is 75.8 cm³/mol. The van der Waals surface area contributed by atoms with E-state index in [1.807, 2.05) is 6.92 Å². The van der Waals surface area contributed by atoms with Gasteiger partial charge in [-0.25, -0.2) is 10.2 Å². The summed E-state index contributed by atoms with van der Waals surface area (Å²) >= 11 is 3.31. The molecule has 0 unspecified atom stereocenters. The van der Waals surface area contributed by atoms with E-state index in [1.54, 1.807) is 20.8 Å². The fourth-order valence-corrected chi connectivity index (χ4v) is 1.51. The molecule has 0 aliphatic heterocycles. The molecular formula is C11H21BrN4O2. The van der Waals surface area contributed by atoms with Gasteiger partial charge in [-0.3, -0.25) is 5.43 Å². The minimum Gasteiger partial charge on any atom is -0.443 e. The molecule has 0 fully saturated rings. The van der Waals surface area contributed by atoms with Crippen LogP contribution in [0.25, 0.3) is 0 Å².